The molecule has 0 aliphatic heterocycles. The Morgan fingerprint density at radius 2 is 2.17 bits per heavy atom. The van der Waals surface area contributed by atoms with Crippen LogP contribution in [-0.4, -0.2) is 32.0 Å². The van der Waals surface area contributed by atoms with Crippen LogP contribution in [0.3, 0.4) is 0 Å². The van der Waals surface area contributed by atoms with E-state index in [1.54, 1.807) is 12.4 Å². The van der Waals surface area contributed by atoms with Crippen molar-refractivity contribution in [2.75, 3.05) is 18.6 Å². The molecule has 1 heterocycles. The maximum atomic E-state index is 11.3. The van der Waals surface area contributed by atoms with E-state index in [0.29, 0.717) is 6.42 Å². The summed E-state index contributed by atoms with van der Waals surface area (Å²) in [7, 11) is -2.93. The molecule has 18 heavy (non-hydrogen) atoms. The summed E-state index contributed by atoms with van der Waals surface area (Å²) in [6, 6.07) is 2.01. The van der Waals surface area contributed by atoms with Crippen molar-refractivity contribution in [3.8, 4) is 0 Å². The summed E-state index contributed by atoms with van der Waals surface area (Å²) in [6.45, 7) is 2.95. The second-order valence-electron chi connectivity index (χ2n) is 4.36. The molecule has 1 aromatic rings. The number of hydrogen-bond acceptors (Lipinski definition) is 4. The average molecular weight is 335 g/mol. The molecule has 0 aromatic carbocycles. The maximum absolute atomic E-state index is 11.3. The zero-order chi connectivity index (χ0) is 13.6. The van der Waals surface area contributed by atoms with E-state index >= 15 is 0 Å². The standard InChI is InChI=1S/C12H19BrN2O2S/c1-3-5-15-12(4-6-18(2,16)17)10-7-11(13)9-14-8-10/h7-9,12,15H,3-6H2,1-2H3. The minimum atomic E-state index is -2.93. The molecule has 0 fully saturated rings. The lowest BCUT2D eigenvalue weighted by Gasteiger charge is -2.18. The van der Waals surface area contributed by atoms with Crippen LogP contribution in [0.4, 0.5) is 0 Å². The molecule has 1 aromatic heterocycles. The number of sulfone groups is 1. The Labute approximate surface area is 117 Å². The molecule has 102 valence electrons. The highest BCUT2D eigenvalue weighted by Crippen LogP contribution is 2.20. The predicted molar refractivity (Wildman–Crippen MR) is 77.3 cm³/mol. The van der Waals surface area contributed by atoms with E-state index in [2.05, 4.69) is 33.2 Å². The van der Waals surface area contributed by atoms with Gasteiger partial charge in [-0.1, -0.05) is 6.92 Å². The van der Waals surface area contributed by atoms with Crippen LogP contribution >= 0.6 is 15.9 Å². The third-order valence-electron chi connectivity index (χ3n) is 2.55. The highest BCUT2D eigenvalue weighted by Gasteiger charge is 2.14. The lowest BCUT2D eigenvalue weighted by molar-refractivity contribution is 0.512. The fourth-order valence-corrected chi connectivity index (χ4v) is 2.70. The zero-order valence-corrected chi connectivity index (χ0v) is 13.1. The number of pyridine rings is 1. The number of nitrogens with zero attached hydrogens (tertiary/aromatic N) is 1. The normalized spacial score (nSPS) is 13.5. The second-order valence-corrected chi connectivity index (χ2v) is 7.54. The van der Waals surface area contributed by atoms with E-state index in [9.17, 15) is 8.42 Å². The summed E-state index contributed by atoms with van der Waals surface area (Å²) < 4.78 is 23.4. The smallest absolute Gasteiger partial charge is 0.147 e. The Kier molecular flexibility index (Phi) is 6.25. The van der Waals surface area contributed by atoms with Crippen LogP contribution in [0.15, 0.2) is 22.9 Å². The van der Waals surface area contributed by atoms with Gasteiger partial charge in [0, 0.05) is 29.2 Å². The molecule has 0 saturated carbocycles. The van der Waals surface area contributed by atoms with Gasteiger partial charge in [0.15, 0.2) is 0 Å². The fourth-order valence-electron chi connectivity index (χ4n) is 1.66. The molecule has 0 aliphatic rings. The highest BCUT2D eigenvalue weighted by molar-refractivity contribution is 9.10. The van der Waals surface area contributed by atoms with Gasteiger partial charge in [-0.25, -0.2) is 8.42 Å². The van der Waals surface area contributed by atoms with Gasteiger partial charge >= 0.3 is 0 Å². The van der Waals surface area contributed by atoms with Crippen LogP contribution in [0.5, 0.6) is 0 Å². The van der Waals surface area contributed by atoms with Crippen molar-refractivity contribution in [3.63, 3.8) is 0 Å². The van der Waals surface area contributed by atoms with Crippen molar-refractivity contribution in [3.05, 3.63) is 28.5 Å². The van der Waals surface area contributed by atoms with Gasteiger partial charge < -0.3 is 5.32 Å². The first-order valence-corrected chi connectivity index (χ1v) is 8.79. The van der Waals surface area contributed by atoms with Gasteiger partial charge in [0.25, 0.3) is 0 Å². The van der Waals surface area contributed by atoms with Crippen LogP contribution in [0.1, 0.15) is 31.4 Å². The van der Waals surface area contributed by atoms with Crippen molar-refractivity contribution < 1.29 is 8.42 Å². The van der Waals surface area contributed by atoms with Gasteiger partial charge in [-0.2, -0.15) is 0 Å². The first kappa shape index (κ1) is 15.6. The number of halogens is 1. The number of rotatable bonds is 7. The summed E-state index contributed by atoms with van der Waals surface area (Å²) in [6.07, 6.45) is 6.34. The molecule has 0 radical (unpaired) electrons. The van der Waals surface area contributed by atoms with Gasteiger partial charge in [-0.05, 0) is 46.9 Å². The predicted octanol–water partition coefficient (Wildman–Crippen LogP) is 2.32. The first-order chi connectivity index (χ1) is 8.42. The van der Waals surface area contributed by atoms with Crippen LogP contribution in [0.2, 0.25) is 0 Å². The Balaban J connectivity index is 2.77. The molecule has 4 nitrogen and oxygen atoms in total. The molecule has 1 atom stereocenters. The van der Waals surface area contributed by atoms with Gasteiger partial charge in [-0.15, -0.1) is 0 Å². The quantitative estimate of drug-likeness (QED) is 0.831. The first-order valence-electron chi connectivity index (χ1n) is 5.94. The Hall–Kier alpha value is -0.460. The highest BCUT2D eigenvalue weighted by atomic mass is 79.9. The summed E-state index contributed by atoms with van der Waals surface area (Å²) in [5, 5.41) is 3.36. The van der Waals surface area contributed by atoms with Crippen molar-refractivity contribution >= 4 is 25.8 Å². The van der Waals surface area contributed by atoms with Crippen LogP contribution in [0, 0.1) is 0 Å². The van der Waals surface area contributed by atoms with E-state index in [1.165, 1.54) is 6.26 Å². The summed E-state index contributed by atoms with van der Waals surface area (Å²) in [4.78, 5) is 4.12. The molecule has 0 spiro atoms. The van der Waals surface area contributed by atoms with Gasteiger partial charge in [0.1, 0.15) is 9.84 Å². The SMILES string of the molecule is CCCNC(CCS(C)(=O)=O)c1cncc(Br)c1. The van der Waals surface area contributed by atoms with Gasteiger partial charge in [0.2, 0.25) is 0 Å². The Bertz CT molecular complexity index is 477. The number of aromatic nitrogens is 1. The monoisotopic (exact) mass is 334 g/mol. The molecule has 0 saturated heterocycles. The largest absolute Gasteiger partial charge is 0.310 e. The topological polar surface area (TPSA) is 59.1 Å². The maximum Gasteiger partial charge on any atom is 0.147 e. The van der Waals surface area contributed by atoms with Crippen molar-refractivity contribution in [1.29, 1.82) is 0 Å². The molecule has 1 rings (SSSR count). The van der Waals surface area contributed by atoms with Gasteiger partial charge in [0.05, 0.1) is 5.75 Å². The van der Waals surface area contributed by atoms with Gasteiger partial charge in [-0.3, -0.25) is 4.98 Å². The lowest BCUT2D eigenvalue weighted by Crippen LogP contribution is -2.24. The molecule has 6 heteroatoms. The zero-order valence-electron chi connectivity index (χ0n) is 10.7. The second kappa shape index (κ2) is 7.21. The van der Waals surface area contributed by atoms with E-state index in [4.69, 9.17) is 0 Å². The Morgan fingerprint density at radius 3 is 2.72 bits per heavy atom. The molecular weight excluding hydrogens is 316 g/mol. The van der Waals surface area contributed by atoms with E-state index < -0.39 is 9.84 Å². The molecule has 1 N–H and O–H groups in total. The van der Waals surface area contributed by atoms with Crippen LogP contribution in [-0.2, 0) is 9.84 Å². The summed E-state index contributed by atoms with van der Waals surface area (Å²) >= 11 is 3.38. The summed E-state index contributed by atoms with van der Waals surface area (Å²) in [5.74, 6) is 0.181. The lowest BCUT2D eigenvalue weighted by atomic mass is 10.1. The van der Waals surface area contributed by atoms with E-state index in [-0.39, 0.29) is 11.8 Å². The van der Waals surface area contributed by atoms with Crippen molar-refractivity contribution in [1.82, 2.24) is 10.3 Å². The molecular formula is C12H19BrN2O2S. The molecule has 0 bridgehead atoms. The number of hydrogen-bond donors (Lipinski definition) is 1. The fraction of sp³-hybridized carbons (Fsp3) is 0.583. The third kappa shape index (κ3) is 5.93. The molecule has 0 aliphatic carbocycles. The van der Waals surface area contributed by atoms with E-state index in [1.807, 2.05) is 6.07 Å². The molecule has 1 unspecified atom stereocenters. The van der Waals surface area contributed by atoms with Crippen LogP contribution < -0.4 is 5.32 Å². The minimum absolute atomic E-state index is 0.0321. The van der Waals surface area contributed by atoms with Crippen molar-refractivity contribution in [2.45, 2.75) is 25.8 Å². The van der Waals surface area contributed by atoms with Crippen LogP contribution in [0.25, 0.3) is 0 Å². The molecule has 0 amide bonds. The van der Waals surface area contributed by atoms with E-state index in [0.717, 1.165) is 23.0 Å². The number of nitrogens with one attached hydrogen (secondary N) is 1. The third-order valence-corrected chi connectivity index (χ3v) is 3.96. The minimum Gasteiger partial charge on any atom is -0.310 e. The summed E-state index contributed by atoms with van der Waals surface area (Å²) in [5.41, 5.74) is 1.02. The average Bonchev–Trinajstić information content (AvgIpc) is 2.28. The Morgan fingerprint density at radius 1 is 1.44 bits per heavy atom. The van der Waals surface area contributed by atoms with Crippen molar-refractivity contribution in [2.24, 2.45) is 0 Å².